The topological polar surface area (TPSA) is 79.0 Å². The number of piperidine rings is 1. The zero-order valence-corrected chi connectivity index (χ0v) is 18.5. The van der Waals surface area contributed by atoms with E-state index in [1.54, 1.807) is 12.1 Å². The fourth-order valence-corrected chi connectivity index (χ4v) is 6.82. The molecule has 1 aromatic rings. The Balaban J connectivity index is 1.44. The van der Waals surface area contributed by atoms with Crippen molar-refractivity contribution in [3.63, 3.8) is 0 Å². The Morgan fingerprint density at radius 2 is 1.96 bits per heavy atom. The van der Waals surface area contributed by atoms with Crippen molar-refractivity contribution in [1.29, 1.82) is 0 Å². The molecule has 158 valence electrons. The number of ether oxygens (including phenoxy) is 1. The third-order valence-corrected chi connectivity index (χ3v) is 9.19. The summed E-state index contributed by atoms with van der Waals surface area (Å²) < 4.78 is 33.0. The average Bonchev–Trinajstić information content (AvgIpc) is 3.15. The normalized spacial score (nSPS) is 21.5. The first kappa shape index (κ1) is 22.0. The summed E-state index contributed by atoms with van der Waals surface area (Å²) in [6, 6.07) is 3.16. The van der Waals surface area contributed by atoms with E-state index >= 15 is 0 Å². The standard InChI is InChI=1S/C18H28ClN3O4S2/c1-14(18(23)20-6-9-21-10-12-26-13-11-21)15-4-7-22(8-5-15)28(24,25)17-3-2-16(19)27-17/h2-3,14-15H,4-13H2,1H3,(H,20,23)/t14-/m0/s1. The van der Waals surface area contributed by atoms with Crippen LogP contribution in [-0.4, -0.2) is 76.0 Å². The molecule has 2 aliphatic rings. The number of sulfonamides is 1. The molecule has 28 heavy (non-hydrogen) atoms. The second-order valence-electron chi connectivity index (χ2n) is 7.33. The zero-order valence-electron chi connectivity index (χ0n) is 16.1. The number of morpholine rings is 1. The molecule has 3 heterocycles. The SMILES string of the molecule is C[C@H](C(=O)NCCN1CCOCC1)C1CCN(S(=O)(=O)c2ccc(Cl)s2)CC1. The Hall–Kier alpha value is -0.710. The van der Waals surface area contributed by atoms with Crippen molar-refractivity contribution in [2.24, 2.45) is 11.8 Å². The van der Waals surface area contributed by atoms with Crippen LogP contribution in [0.25, 0.3) is 0 Å². The molecule has 0 unspecified atom stereocenters. The Morgan fingerprint density at radius 3 is 2.57 bits per heavy atom. The number of hydrogen-bond donors (Lipinski definition) is 1. The lowest BCUT2D eigenvalue weighted by Crippen LogP contribution is -2.44. The van der Waals surface area contributed by atoms with Crippen molar-refractivity contribution in [2.75, 3.05) is 52.5 Å². The Kier molecular flexibility index (Phi) is 7.74. The molecule has 2 aliphatic heterocycles. The van der Waals surface area contributed by atoms with Crippen LogP contribution in [0.15, 0.2) is 16.3 Å². The molecular weight excluding hydrogens is 422 g/mol. The molecule has 3 rings (SSSR count). The number of nitrogens with one attached hydrogen (secondary N) is 1. The quantitative estimate of drug-likeness (QED) is 0.687. The van der Waals surface area contributed by atoms with Crippen molar-refractivity contribution in [2.45, 2.75) is 24.0 Å². The van der Waals surface area contributed by atoms with E-state index in [4.69, 9.17) is 16.3 Å². The Morgan fingerprint density at radius 1 is 1.29 bits per heavy atom. The highest BCUT2D eigenvalue weighted by Gasteiger charge is 2.34. The number of carbonyl (C=O) groups is 1. The van der Waals surface area contributed by atoms with E-state index in [2.05, 4.69) is 10.2 Å². The molecule has 10 heteroatoms. The molecule has 2 saturated heterocycles. The molecule has 0 bridgehead atoms. The van der Waals surface area contributed by atoms with Gasteiger partial charge in [-0.05, 0) is 30.9 Å². The second kappa shape index (κ2) is 9.86. The summed E-state index contributed by atoms with van der Waals surface area (Å²) in [4.78, 5) is 14.8. The van der Waals surface area contributed by atoms with E-state index in [-0.39, 0.29) is 22.0 Å². The van der Waals surface area contributed by atoms with Crippen molar-refractivity contribution < 1.29 is 17.9 Å². The number of thiophene rings is 1. The van der Waals surface area contributed by atoms with Crippen LogP contribution in [0.1, 0.15) is 19.8 Å². The van der Waals surface area contributed by atoms with E-state index in [1.165, 1.54) is 4.31 Å². The minimum Gasteiger partial charge on any atom is -0.379 e. The van der Waals surface area contributed by atoms with Crippen LogP contribution in [-0.2, 0) is 19.6 Å². The van der Waals surface area contributed by atoms with Crippen LogP contribution in [0.2, 0.25) is 4.34 Å². The average molecular weight is 450 g/mol. The van der Waals surface area contributed by atoms with Crippen molar-refractivity contribution in [3.05, 3.63) is 16.5 Å². The van der Waals surface area contributed by atoms with Gasteiger partial charge in [-0.1, -0.05) is 18.5 Å². The van der Waals surface area contributed by atoms with Crippen molar-refractivity contribution in [1.82, 2.24) is 14.5 Å². The largest absolute Gasteiger partial charge is 0.379 e. The predicted molar refractivity (Wildman–Crippen MR) is 110 cm³/mol. The smallest absolute Gasteiger partial charge is 0.252 e. The van der Waals surface area contributed by atoms with Crippen molar-refractivity contribution >= 4 is 38.9 Å². The fourth-order valence-electron chi connectivity index (χ4n) is 3.72. The van der Waals surface area contributed by atoms with Gasteiger partial charge >= 0.3 is 0 Å². The van der Waals surface area contributed by atoms with E-state index < -0.39 is 10.0 Å². The summed E-state index contributed by atoms with van der Waals surface area (Å²) in [5.74, 6) is 0.132. The number of hydrogen-bond acceptors (Lipinski definition) is 6. The number of rotatable bonds is 7. The van der Waals surface area contributed by atoms with E-state index in [0.29, 0.717) is 36.8 Å². The maximum absolute atomic E-state index is 12.7. The number of halogens is 1. The minimum atomic E-state index is -3.49. The minimum absolute atomic E-state index is 0.0552. The molecule has 0 spiro atoms. The zero-order chi connectivity index (χ0) is 20.1. The van der Waals surface area contributed by atoms with Gasteiger partial charge in [-0.15, -0.1) is 11.3 Å². The molecule has 0 aliphatic carbocycles. The van der Waals surface area contributed by atoms with Gasteiger partial charge in [0, 0.05) is 45.2 Å². The Labute approximate surface area is 176 Å². The first-order valence-electron chi connectivity index (χ1n) is 9.71. The molecule has 0 radical (unpaired) electrons. The molecule has 1 N–H and O–H groups in total. The maximum atomic E-state index is 12.7. The molecule has 1 atom stereocenters. The lowest BCUT2D eigenvalue weighted by Gasteiger charge is -2.33. The monoisotopic (exact) mass is 449 g/mol. The van der Waals surface area contributed by atoms with Gasteiger partial charge in [0.25, 0.3) is 10.0 Å². The van der Waals surface area contributed by atoms with E-state index in [1.807, 2.05) is 6.92 Å². The predicted octanol–water partition coefficient (Wildman–Crippen LogP) is 1.89. The third kappa shape index (κ3) is 5.46. The van der Waals surface area contributed by atoms with E-state index in [9.17, 15) is 13.2 Å². The van der Waals surface area contributed by atoms with Crippen LogP contribution in [0.4, 0.5) is 0 Å². The van der Waals surface area contributed by atoms with Crippen molar-refractivity contribution in [3.8, 4) is 0 Å². The summed E-state index contributed by atoms with van der Waals surface area (Å²) in [6.45, 7) is 7.62. The van der Waals surface area contributed by atoms with Gasteiger partial charge in [-0.3, -0.25) is 9.69 Å². The highest BCUT2D eigenvalue weighted by atomic mass is 35.5. The van der Waals surface area contributed by atoms with Gasteiger partial charge in [0.1, 0.15) is 4.21 Å². The first-order valence-corrected chi connectivity index (χ1v) is 12.3. The molecule has 7 nitrogen and oxygen atoms in total. The van der Waals surface area contributed by atoms with Crippen LogP contribution in [0.5, 0.6) is 0 Å². The lowest BCUT2D eigenvalue weighted by atomic mass is 9.85. The molecule has 1 amide bonds. The Bertz CT molecular complexity index is 757. The van der Waals surface area contributed by atoms with Gasteiger partial charge in [0.05, 0.1) is 17.6 Å². The van der Waals surface area contributed by atoms with Gasteiger partial charge in [0.15, 0.2) is 0 Å². The second-order valence-corrected chi connectivity index (χ2v) is 11.2. The van der Waals surface area contributed by atoms with Gasteiger partial charge in [-0.2, -0.15) is 4.31 Å². The first-order chi connectivity index (χ1) is 13.4. The van der Waals surface area contributed by atoms with Gasteiger partial charge < -0.3 is 10.1 Å². The number of amides is 1. The van der Waals surface area contributed by atoms with Crippen LogP contribution in [0.3, 0.4) is 0 Å². The number of carbonyl (C=O) groups excluding carboxylic acids is 1. The fraction of sp³-hybridized carbons (Fsp3) is 0.722. The summed E-state index contributed by atoms with van der Waals surface area (Å²) in [6.07, 6.45) is 1.38. The number of nitrogens with zero attached hydrogens (tertiary/aromatic N) is 2. The van der Waals surface area contributed by atoms with Crippen LogP contribution >= 0.6 is 22.9 Å². The van der Waals surface area contributed by atoms with E-state index in [0.717, 1.165) is 44.2 Å². The lowest BCUT2D eigenvalue weighted by molar-refractivity contribution is -0.126. The van der Waals surface area contributed by atoms with Crippen LogP contribution in [0, 0.1) is 11.8 Å². The summed E-state index contributed by atoms with van der Waals surface area (Å²) >= 11 is 6.96. The molecule has 0 saturated carbocycles. The third-order valence-electron chi connectivity index (χ3n) is 5.59. The van der Waals surface area contributed by atoms with Crippen LogP contribution < -0.4 is 5.32 Å². The summed E-state index contributed by atoms with van der Waals surface area (Å²) in [7, 11) is -3.49. The molecular formula is C18H28ClN3O4S2. The summed E-state index contributed by atoms with van der Waals surface area (Å²) in [5, 5.41) is 3.03. The highest BCUT2D eigenvalue weighted by molar-refractivity contribution is 7.91. The molecule has 0 aromatic carbocycles. The van der Waals surface area contributed by atoms with Gasteiger partial charge in [0.2, 0.25) is 5.91 Å². The highest BCUT2D eigenvalue weighted by Crippen LogP contribution is 2.32. The molecule has 2 fully saturated rings. The summed E-state index contributed by atoms with van der Waals surface area (Å²) in [5.41, 5.74) is 0. The van der Waals surface area contributed by atoms with Gasteiger partial charge in [-0.25, -0.2) is 8.42 Å². The maximum Gasteiger partial charge on any atom is 0.252 e. The molecule has 1 aromatic heterocycles.